The van der Waals surface area contributed by atoms with Gasteiger partial charge in [-0.2, -0.15) is 0 Å². The largest absolute Gasteiger partial charge is 0.491 e. The van der Waals surface area contributed by atoms with Crippen LogP contribution < -0.4 is 15.6 Å². The minimum atomic E-state index is -0.183. The maximum Gasteiger partial charge on any atom is 0.266 e. The summed E-state index contributed by atoms with van der Waals surface area (Å²) < 4.78 is 7.26. The molecule has 0 aliphatic heterocycles. The Hall–Kier alpha value is -3.97. The molecule has 7 heteroatoms. The van der Waals surface area contributed by atoms with E-state index in [2.05, 4.69) is 5.32 Å². The number of hydrogen-bond donors (Lipinski definition) is 2. The number of nitrogens with zero attached hydrogens (tertiary/aromatic N) is 2. The molecule has 7 nitrogen and oxygen atoms in total. The summed E-state index contributed by atoms with van der Waals surface area (Å²) in [5, 5.41) is 12.2. The molecule has 2 N–H and O–H groups in total. The average Bonchev–Trinajstić information content (AvgIpc) is 2.79. The second-order valence-corrected chi connectivity index (χ2v) is 7.41. The van der Waals surface area contributed by atoms with Crippen LogP contribution in [-0.2, 0) is 4.79 Å². The summed E-state index contributed by atoms with van der Waals surface area (Å²) in [6.45, 7) is 3.99. The number of rotatable bonds is 7. The van der Waals surface area contributed by atoms with Crippen molar-refractivity contribution in [3.05, 3.63) is 82.1 Å². The molecule has 162 valence electrons. The van der Waals surface area contributed by atoms with Gasteiger partial charge >= 0.3 is 0 Å². The first kappa shape index (κ1) is 21.3. The van der Waals surface area contributed by atoms with Crippen molar-refractivity contribution in [2.45, 2.75) is 13.8 Å². The van der Waals surface area contributed by atoms with Crippen LogP contribution in [0.15, 0.2) is 65.5 Å². The van der Waals surface area contributed by atoms with Crippen LogP contribution in [0.3, 0.4) is 0 Å². The van der Waals surface area contributed by atoms with Gasteiger partial charge < -0.3 is 15.2 Å². The molecule has 4 rings (SSSR count). The summed E-state index contributed by atoms with van der Waals surface area (Å²) >= 11 is 0. The summed E-state index contributed by atoms with van der Waals surface area (Å²) in [4.78, 5) is 29.1. The Balaban J connectivity index is 1.95. The van der Waals surface area contributed by atoms with Crippen molar-refractivity contribution in [1.29, 1.82) is 0 Å². The molecule has 4 aromatic rings. The molecule has 3 aromatic carbocycles. The van der Waals surface area contributed by atoms with Gasteiger partial charge in [0.25, 0.3) is 5.56 Å². The lowest BCUT2D eigenvalue weighted by molar-refractivity contribution is -0.105. The molecule has 0 radical (unpaired) electrons. The van der Waals surface area contributed by atoms with E-state index in [4.69, 9.17) is 14.8 Å². The lowest BCUT2D eigenvalue weighted by Gasteiger charge is -2.17. The van der Waals surface area contributed by atoms with E-state index >= 15 is 0 Å². The van der Waals surface area contributed by atoms with E-state index in [-0.39, 0.29) is 18.8 Å². The Labute approximate surface area is 184 Å². The molecule has 0 fully saturated rings. The highest BCUT2D eigenvalue weighted by molar-refractivity contribution is 5.81. The van der Waals surface area contributed by atoms with Crippen LogP contribution >= 0.6 is 0 Å². The van der Waals surface area contributed by atoms with E-state index in [9.17, 15) is 9.59 Å². The van der Waals surface area contributed by atoms with Crippen LogP contribution in [0.4, 0.5) is 5.69 Å². The van der Waals surface area contributed by atoms with Gasteiger partial charge in [0.2, 0.25) is 6.41 Å². The molecule has 0 aliphatic rings. The molecule has 0 saturated carbocycles. The number of aryl methyl sites for hydroxylation is 2. The van der Waals surface area contributed by atoms with Crippen LogP contribution in [0.2, 0.25) is 0 Å². The van der Waals surface area contributed by atoms with E-state index in [1.54, 1.807) is 34.9 Å². The fraction of sp³-hybridized carbons (Fsp3) is 0.160. The predicted octanol–water partition coefficient (Wildman–Crippen LogP) is 3.61. The Bertz CT molecular complexity index is 1320. The van der Waals surface area contributed by atoms with Crippen molar-refractivity contribution in [1.82, 2.24) is 9.55 Å². The minimum absolute atomic E-state index is 0.0681. The molecule has 0 spiro atoms. The Kier molecular flexibility index (Phi) is 6.00. The van der Waals surface area contributed by atoms with E-state index < -0.39 is 0 Å². The zero-order valence-electron chi connectivity index (χ0n) is 17.8. The van der Waals surface area contributed by atoms with Crippen LogP contribution in [0.5, 0.6) is 5.75 Å². The summed E-state index contributed by atoms with van der Waals surface area (Å²) in [5.41, 5.74) is 4.23. The monoisotopic (exact) mass is 429 g/mol. The highest BCUT2D eigenvalue weighted by Crippen LogP contribution is 2.31. The third kappa shape index (κ3) is 3.98. The topological polar surface area (TPSA) is 93.5 Å². The zero-order valence-corrected chi connectivity index (χ0v) is 17.8. The molecule has 0 atom stereocenters. The second kappa shape index (κ2) is 9.03. The van der Waals surface area contributed by atoms with Gasteiger partial charge in [-0.15, -0.1) is 0 Å². The lowest BCUT2D eigenvalue weighted by Crippen LogP contribution is -2.22. The van der Waals surface area contributed by atoms with Crippen molar-refractivity contribution in [2.24, 2.45) is 0 Å². The zero-order chi connectivity index (χ0) is 22.7. The third-order valence-corrected chi connectivity index (χ3v) is 5.18. The molecule has 1 amide bonds. The fourth-order valence-electron chi connectivity index (χ4n) is 3.80. The Morgan fingerprint density at radius 3 is 2.41 bits per heavy atom. The van der Waals surface area contributed by atoms with E-state index in [0.717, 1.165) is 16.7 Å². The van der Waals surface area contributed by atoms with Gasteiger partial charge in [-0.05, 0) is 73.5 Å². The molecule has 0 unspecified atom stereocenters. The van der Waals surface area contributed by atoms with E-state index in [1.807, 2.05) is 44.2 Å². The normalized spacial score (nSPS) is 10.8. The number of hydrogen-bond acceptors (Lipinski definition) is 5. The first-order valence-corrected chi connectivity index (χ1v) is 10.2. The van der Waals surface area contributed by atoms with Crippen LogP contribution in [0.1, 0.15) is 11.1 Å². The lowest BCUT2D eigenvalue weighted by atomic mass is 10.0. The third-order valence-electron chi connectivity index (χ3n) is 5.18. The molecule has 0 saturated heterocycles. The molecule has 0 aliphatic carbocycles. The number of carbonyl (C=O) groups excluding carboxylic acids is 1. The summed E-state index contributed by atoms with van der Waals surface area (Å²) in [7, 11) is 0. The number of carbonyl (C=O) groups is 1. The van der Waals surface area contributed by atoms with Crippen LogP contribution in [0, 0.1) is 13.8 Å². The van der Waals surface area contributed by atoms with Gasteiger partial charge in [-0.1, -0.05) is 12.1 Å². The van der Waals surface area contributed by atoms with Crippen LogP contribution in [-0.4, -0.2) is 34.3 Å². The van der Waals surface area contributed by atoms with E-state index in [0.29, 0.717) is 40.3 Å². The SMILES string of the molecule is Cc1cc(-c2nc3ccccc3c(=O)n2-c2ccc(NC=O)cc2)cc(C)c1OCCO. The van der Waals surface area contributed by atoms with Crippen LogP contribution in [0.25, 0.3) is 28.0 Å². The molecule has 0 bridgehead atoms. The molecule has 32 heavy (non-hydrogen) atoms. The van der Waals surface area contributed by atoms with Crippen molar-refractivity contribution in [3.8, 4) is 22.8 Å². The maximum atomic E-state index is 13.5. The smallest absolute Gasteiger partial charge is 0.266 e. The number of benzene rings is 3. The summed E-state index contributed by atoms with van der Waals surface area (Å²) in [6.07, 6.45) is 0.607. The second-order valence-electron chi connectivity index (χ2n) is 7.41. The number of para-hydroxylation sites is 1. The number of amides is 1. The number of aliphatic hydroxyl groups is 1. The maximum absolute atomic E-state index is 13.5. The highest BCUT2D eigenvalue weighted by atomic mass is 16.5. The van der Waals surface area contributed by atoms with Gasteiger partial charge in [-0.25, -0.2) is 4.98 Å². The fourth-order valence-corrected chi connectivity index (χ4v) is 3.80. The average molecular weight is 429 g/mol. The predicted molar refractivity (Wildman–Crippen MR) is 125 cm³/mol. The summed E-state index contributed by atoms with van der Waals surface area (Å²) in [5.74, 6) is 1.21. The number of ether oxygens (including phenoxy) is 1. The molecule has 1 heterocycles. The van der Waals surface area contributed by atoms with Gasteiger partial charge in [0, 0.05) is 11.3 Å². The van der Waals surface area contributed by atoms with Gasteiger partial charge in [0.1, 0.15) is 18.2 Å². The molecule has 1 aromatic heterocycles. The number of aliphatic hydroxyl groups excluding tert-OH is 1. The number of anilines is 1. The number of aromatic nitrogens is 2. The first-order chi connectivity index (χ1) is 15.5. The van der Waals surface area contributed by atoms with Crippen molar-refractivity contribution in [2.75, 3.05) is 18.5 Å². The van der Waals surface area contributed by atoms with Crippen molar-refractivity contribution < 1.29 is 14.6 Å². The summed E-state index contributed by atoms with van der Waals surface area (Å²) in [6, 6.07) is 18.1. The van der Waals surface area contributed by atoms with Gasteiger partial charge in [-0.3, -0.25) is 14.2 Å². The Morgan fingerprint density at radius 1 is 1.06 bits per heavy atom. The van der Waals surface area contributed by atoms with Crippen molar-refractivity contribution >= 4 is 23.0 Å². The number of nitrogens with one attached hydrogen (secondary N) is 1. The standard InChI is InChI=1S/C25H23N3O4/c1-16-13-18(14-17(2)23(16)32-12-11-29)24-27-22-6-4-3-5-21(22)25(31)28(24)20-9-7-19(8-10-20)26-15-30/h3-10,13-15,29H,11-12H2,1-2H3,(H,26,30). The molecular formula is C25H23N3O4. The highest BCUT2D eigenvalue weighted by Gasteiger charge is 2.17. The Morgan fingerprint density at radius 2 is 1.75 bits per heavy atom. The number of fused-ring (bicyclic) bond motifs is 1. The minimum Gasteiger partial charge on any atom is -0.491 e. The van der Waals surface area contributed by atoms with Gasteiger partial charge in [0.15, 0.2) is 0 Å². The quantitative estimate of drug-likeness (QED) is 0.438. The first-order valence-electron chi connectivity index (χ1n) is 10.2. The molecular weight excluding hydrogens is 406 g/mol. The van der Waals surface area contributed by atoms with E-state index in [1.165, 1.54) is 0 Å². The van der Waals surface area contributed by atoms with Crippen molar-refractivity contribution in [3.63, 3.8) is 0 Å². The van der Waals surface area contributed by atoms with Gasteiger partial charge in [0.05, 0.1) is 23.2 Å².